The van der Waals surface area contributed by atoms with Crippen molar-refractivity contribution in [2.24, 2.45) is 0 Å². The van der Waals surface area contributed by atoms with Gasteiger partial charge in [-0.05, 0) is 13.3 Å². The molecule has 0 aromatic heterocycles. The average Bonchev–Trinajstić information content (AvgIpc) is 2.12. The maximum atomic E-state index is 11.5. The molecule has 0 saturated heterocycles. The van der Waals surface area contributed by atoms with Crippen LogP contribution in [0.1, 0.15) is 13.3 Å². The highest BCUT2D eigenvalue weighted by molar-refractivity contribution is 7.89. The summed E-state index contributed by atoms with van der Waals surface area (Å²) < 4.78 is 24.1. The molecule has 0 aromatic rings. The molecule has 13 heavy (non-hydrogen) atoms. The van der Waals surface area contributed by atoms with Gasteiger partial charge in [0, 0.05) is 13.1 Å². The van der Waals surface area contributed by atoms with Crippen LogP contribution in [0.15, 0.2) is 12.7 Å². The Hall–Kier alpha value is -0.390. The summed E-state index contributed by atoms with van der Waals surface area (Å²) in [6, 6.07) is -0.366. The Morgan fingerprint density at radius 2 is 2.15 bits per heavy atom. The second-order valence-corrected chi connectivity index (χ2v) is 5.09. The highest BCUT2D eigenvalue weighted by Gasteiger charge is 2.21. The van der Waals surface area contributed by atoms with Gasteiger partial charge in [-0.15, -0.1) is 6.58 Å². The minimum atomic E-state index is -3.23. The summed E-state index contributed by atoms with van der Waals surface area (Å²) in [5.41, 5.74) is 0. The van der Waals surface area contributed by atoms with E-state index in [4.69, 9.17) is 5.11 Å². The van der Waals surface area contributed by atoms with E-state index < -0.39 is 10.0 Å². The summed E-state index contributed by atoms with van der Waals surface area (Å²) in [6.07, 6.45) is 2.00. The van der Waals surface area contributed by atoms with Crippen LogP contribution in [-0.4, -0.2) is 43.3 Å². The van der Waals surface area contributed by atoms with E-state index in [2.05, 4.69) is 6.58 Å². The van der Waals surface area contributed by atoms with Crippen LogP contribution in [0.5, 0.6) is 0 Å². The third-order valence-corrected chi connectivity index (χ3v) is 3.89. The molecule has 0 bridgehead atoms. The second-order valence-electron chi connectivity index (χ2n) is 2.94. The zero-order valence-electron chi connectivity index (χ0n) is 8.10. The summed E-state index contributed by atoms with van der Waals surface area (Å²) in [4.78, 5) is 0. The first-order valence-electron chi connectivity index (χ1n) is 4.13. The Kier molecular flexibility index (Phi) is 5.20. The smallest absolute Gasteiger partial charge is 0.214 e. The topological polar surface area (TPSA) is 57.6 Å². The zero-order chi connectivity index (χ0) is 10.5. The number of hydrogen-bond acceptors (Lipinski definition) is 3. The minimum absolute atomic E-state index is 0.0529. The molecule has 0 aromatic carbocycles. The predicted octanol–water partition coefficient (Wildman–Crippen LogP) is 0.205. The van der Waals surface area contributed by atoms with Gasteiger partial charge in [-0.2, -0.15) is 4.31 Å². The second kappa shape index (κ2) is 5.36. The zero-order valence-corrected chi connectivity index (χ0v) is 8.92. The van der Waals surface area contributed by atoms with Gasteiger partial charge in [-0.1, -0.05) is 6.08 Å². The quantitative estimate of drug-likeness (QED) is 0.633. The van der Waals surface area contributed by atoms with Gasteiger partial charge in [-0.3, -0.25) is 0 Å². The fraction of sp³-hybridized carbons (Fsp3) is 0.750. The first-order valence-corrected chi connectivity index (χ1v) is 5.74. The van der Waals surface area contributed by atoms with Crippen LogP contribution in [0.2, 0.25) is 0 Å². The van der Waals surface area contributed by atoms with Gasteiger partial charge in [0.25, 0.3) is 0 Å². The van der Waals surface area contributed by atoms with E-state index in [1.807, 2.05) is 0 Å². The van der Waals surface area contributed by atoms with Crippen molar-refractivity contribution in [3.05, 3.63) is 12.7 Å². The lowest BCUT2D eigenvalue weighted by Crippen LogP contribution is -2.38. The van der Waals surface area contributed by atoms with E-state index in [9.17, 15) is 8.42 Å². The largest absolute Gasteiger partial charge is 0.395 e. The summed E-state index contributed by atoms with van der Waals surface area (Å²) in [7, 11) is -1.76. The van der Waals surface area contributed by atoms with E-state index in [-0.39, 0.29) is 18.4 Å². The van der Waals surface area contributed by atoms with Gasteiger partial charge in [0.1, 0.15) is 0 Å². The molecule has 0 fully saturated rings. The monoisotopic (exact) mass is 207 g/mol. The highest BCUT2D eigenvalue weighted by atomic mass is 32.2. The van der Waals surface area contributed by atoms with Gasteiger partial charge < -0.3 is 5.11 Å². The first kappa shape index (κ1) is 12.6. The van der Waals surface area contributed by atoms with Gasteiger partial charge in [0.2, 0.25) is 10.0 Å². The molecule has 0 aliphatic carbocycles. The number of nitrogens with zero attached hydrogens (tertiary/aromatic N) is 1. The average molecular weight is 207 g/mol. The lowest BCUT2D eigenvalue weighted by atomic mass is 10.4. The maximum Gasteiger partial charge on any atom is 0.214 e. The number of likely N-dealkylation sites (N-methyl/N-ethyl adjacent to an activating group) is 1. The highest BCUT2D eigenvalue weighted by Crippen LogP contribution is 2.05. The van der Waals surface area contributed by atoms with Crippen molar-refractivity contribution in [2.75, 3.05) is 19.4 Å². The van der Waals surface area contributed by atoms with Crippen LogP contribution in [0.3, 0.4) is 0 Å². The Morgan fingerprint density at radius 3 is 2.54 bits per heavy atom. The number of rotatable bonds is 6. The molecule has 0 rings (SSSR count). The molecule has 0 aliphatic rings. The number of hydrogen-bond donors (Lipinski definition) is 1. The van der Waals surface area contributed by atoms with E-state index in [0.29, 0.717) is 6.42 Å². The predicted molar refractivity (Wildman–Crippen MR) is 52.9 cm³/mol. The molecule has 5 heteroatoms. The molecule has 0 aliphatic heterocycles. The third kappa shape index (κ3) is 3.89. The van der Waals surface area contributed by atoms with Gasteiger partial charge in [0.05, 0.1) is 12.4 Å². The van der Waals surface area contributed by atoms with E-state index in [1.165, 1.54) is 11.4 Å². The molecule has 0 radical (unpaired) electrons. The number of aliphatic hydroxyl groups excluding tert-OH is 1. The molecule has 1 unspecified atom stereocenters. The lowest BCUT2D eigenvalue weighted by molar-refractivity contribution is 0.214. The van der Waals surface area contributed by atoms with Crippen molar-refractivity contribution >= 4 is 10.0 Å². The SMILES string of the molecule is C=CCCS(=O)(=O)N(C)C(C)CO. The Bertz CT molecular complexity index is 248. The van der Waals surface area contributed by atoms with Crippen LogP contribution >= 0.6 is 0 Å². The molecular formula is C8H17NO3S. The fourth-order valence-electron chi connectivity index (χ4n) is 0.765. The van der Waals surface area contributed by atoms with Crippen molar-refractivity contribution in [2.45, 2.75) is 19.4 Å². The van der Waals surface area contributed by atoms with Crippen molar-refractivity contribution in [3.8, 4) is 0 Å². The molecule has 0 amide bonds. The summed E-state index contributed by atoms with van der Waals surface area (Å²) in [5.74, 6) is 0.0529. The molecule has 0 spiro atoms. The number of allylic oxidation sites excluding steroid dienone is 1. The maximum absolute atomic E-state index is 11.5. The Labute approximate surface area is 79.9 Å². The van der Waals surface area contributed by atoms with Crippen molar-refractivity contribution in [1.82, 2.24) is 4.31 Å². The molecule has 78 valence electrons. The van der Waals surface area contributed by atoms with Crippen LogP contribution < -0.4 is 0 Å². The third-order valence-electron chi connectivity index (χ3n) is 1.90. The minimum Gasteiger partial charge on any atom is -0.395 e. The Balaban J connectivity index is 4.35. The van der Waals surface area contributed by atoms with Crippen LogP contribution in [0, 0.1) is 0 Å². The Morgan fingerprint density at radius 1 is 1.62 bits per heavy atom. The number of sulfonamides is 1. The lowest BCUT2D eigenvalue weighted by Gasteiger charge is -2.22. The van der Waals surface area contributed by atoms with Crippen molar-refractivity contribution < 1.29 is 13.5 Å². The fourth-order valence-corrected chi connectivity index (χ4v) is 2.13. The molecule has 0 heterocycles. The molecular weight excluding hydrogens is 190 g/mol. The summed E-state index contributed by atoms with van der Waals surface area (Å²) >= 11 is 0. The molecule has 1 atom stereocenters. The first-order chi connectivity index (χ1) is 5.95. The normalized spacial score (nSPS) is 14.5. The van der Waals surface area contributed by atoms with Gasteiger partial charge >= 0.3 is 0 Å². The van der Waals surface area contributed by atoms with Gasteiger partial charge in [-0.25, -0.2) is 8.42 Å². The van der Waals surface area contributed by atoms with Crippen LogP contribution in [0.25, 0.3) is 0 Å². The van der Waals surface area contributed by atoms with Crippen molar-refractivity contribution in [3.63, 3.8) is 0 Å². The van der Waals surface area contributed by atoms with Crippen molar-refractivity contribution in [1.29, 1.82) is 0 Å². The standard InChI is InChI=1S/C8H17NO3S/c1-4-5-6-13(11,12)9(3)8(2)7-10/h4,8,10H,1,5-7H2,2-3H3. The van der Waals surface area contributed by atoms with Crippen LogP contribution in [0.4, 0.5) is 0 Å². The van der Waals surface area contributed by atoms with E-state index >= 15 is 0 Å². The molecule has 1 N–H and O–H groups in total. The van der Waals surface area contributed by atoms with Crippen LogP contribution in [-0.2, 0) is 10.0 Å². The molecule has 0 saturated carbocycles. The summed E-state index contributed by atoms with van der Waals surface area (Å²) in [5, 5.41) is 8.77. The summed E-state index contributed by atoms with van der Waals surface area (Å²) in [6.45, 7) is 4.95. The number of aliphatic hydroxyl groups is 1. The molecule has 4 nitrogen and oxygen atoms in total. The van der Waals surface area contributed by atoms with E-state index in [0.717, 1.165) is 0 Å². The van der Waals surface area contributed by atoms with Gasteiger partial charge in [0.15, 0.2) is 0 Å². The van der Waals surface area contributed by atoms with E-state index in [1.54, 1.807) is 13.0 Å².